The number of benzene rings is 2. The van der Waals surface area contributed by atoms with Crippen LogP contribution in [0.25, 0.3) is 0 Å². The Morgan fingerprint density at radius 2 is 1.73 bits per heavy atom. The van der Waals surface area contributed by atoms with Gasteiger partial charge >= 0.3 is 0 Å². The second kappa shape index (κ2) is 6.91. The fourth-order valence-corrected chi connectivity index (χ4v) is 1.89. The molecule has 0 radical (unpaired) electrons. The van der Waals surface area contributed by atoms with E-state index >= 15 is 0 Å². The van der Waals surface area contributed by atoms with Crippen molar-refractivity contribution in [3.63, 3.8) is 0 Å². The molecular weight excluding hydrogens is 309 g/mol. The summed E-state index contributed by atoms with van der Waals surface area (Å²) in [4.78, 5) is 22.7. The predicted octanol–water partition coefficient (Wildman–Crippen LogP) is 2.63. The molecular formula is C15H13ClFN3O2. The highest BCUT2D eigenvalue weighted by Crippen LogP contribution is 2.19. The fourth-order valence-electron chi connectivity index (χ4n) is 1.71. The van der Waals surface area contributed by atoms with E-state index in [2.05, 4.69) is 10.6 Å². The fraction of sp³-hybridized carbons (Fsp3) is 0.0667. The summed E-state index contributed by atoms with van der Waals surface area (Å²) in [5, 5.41) is 5.45. The summed E-state index contributed by atoms with van der Waals surface area (Å²) in [5.74, 6) is -1.36. The van der Waals surface area contributed by atoms with Gasteiger partial charge in [-0.1, -0.05) is 11.6 Å². The third kappa shape index (κ3) is 4.20. The molecule has 114 valence electrons. The first kappa shape index (κ1) is 15.8. The molecule has 7 heteroatoms. The van der Waals surface area contributed by atoms with E-state index in [-0.39, 0.29) is 17.5 Å². The predicted molar refractivity (Wildman–Crippen MR) is 83.5 cm³/mol. The van der Waals surface area contributed by atoms with Gasteiger partial charge in [-0.15, -0.1) is 0 Å². The van der Waals surface area contributed by atoms with Gasteiger partial charge in [-0.25, -0.2) is 4.39 Å². The van der Waals surface area contributed by atoms with Gasteiger partial charge in [-0.2, -0.15) is 0 Å². The van der Waals surface area contributed by atoms with Crippen LogP contribution in [-0.4, -0.2) is 18.4 Å². The van der Waals surface area contributed by atoms with Crippen molar-refractivity contribution in [2.75, 3.05) is 17.2 Å². The van der Waals surface area contributed by atoms with Gasteiger partial charge in [0.05, 0.1) is 11.6 Å². The molecule has 0 fully saturated rings. The summed E-state index contributed by atoms with van der Waals surface area (Å²) in [6.45, 7) is -0.0144. The summed E-state index contributed by atoms with van der Waals surface area (Å²) in [6, 6.07) is 10.3. The number of hydrogen-bond donors (Lipinski definition) is 3. The number of carbonyl (C=O) groups is 2. The lowest BCUT2D eigenvalue weighted by atomic mass is 10.2. The standard InChI is InChI=1S/C15H13ClFN3O2/c16-12-7-11(5-6-13(12)17)19-8-14(21)20-10-3-1-9(2-4-10)15(18)22/h1-7,19H,8H2,(H2,18,22)(H,20,21). The molecule has 0 atom stereocenters. The first-order valence-corrected chi connectivity index (χ1v) is 6.72. The smallest absolute Gasteiger partial charge is 0.248 e. The number of carbonyl (C=O) groups excluding carboxylic acids is 2. The molecule has 0 aliphatic rings. The number of amides is 2. The zero-order valence-electron chi connectivity index (χ0n) is 11.4. The Balaban J connectivity index is 1.89. The van der Waals surface area contributed by atoms with E-state index < -0.39 is 11.7 Å². The molecule has 22 heavy (non-hydrogen) atoms. The molecule has 0 spiro atoms. The second-order valence-corrected chi connectivity index (χ2v) is 4.88. The lowest BCUT2D eigenvalue weighted by molar-refractivity contribution is -0.114. The van der Waals surface area contributed by atoms with Crippen LogP contribution in [0.5, 0.6) is 0 Å². The Morgan fingerprint density at radius 1 is 1.09 bits per heavy atom. The third-order valence-corrected chi connectivity index (χ3v) is 3.12. The van der Waals surface area contributed by atoms with E-state index in [0.717, 1.165) is 0 Å². The molecule has 0 bridgehead atoms. The van der Waals surface area contributed by atoms with Gasteiger partial charge in [0.15, 0.2) is 0 Å². The molecule has 0 aliphatic carbocycles. The van der Waals surface area contributed by atoms with Crippen molar-refractivity contribution in [1.82, 2.24) is 0 Å². The van der Waals surface area contributed by atoms with E-state index in [1.165, 1.54) is 30.3 Å². The Kier molecular flexibility index (Phi) is 4.95. The SMILES string of the molecule is NC(=O)c1ccc(NC(=O)CNc2ccc(F)c(Cl)c2)cc1. The van der Waals surface area contributed by atoms with Gasteiger partial charge in [-0.05, 0) is 42.5 Å². The molecule has 0 heterocycles. The highest BCUT2D eigenvalue weighted by molar-refractivity contribution is 6.31. The zero-order valence-corrected chi connectivity index (χ0v) is 12.2. The van der Waals surface area contributed by atoms with E-state index in [1.54, 1.807) is 12.1 Å². The average molecular weight is 322 g/mol. The van der Waals surface area contributed by atoms with Crippen molar-refractivity contribution in [1.29, 1.82) is 0 Å². The van der Waals surface area contributed by atoms with Crippen LogP contribution in [0, 0.1) is 5.82 Å². The van der Waals surface area contributed by atoms with Crippen LogP contribution >= 0.6 is 11.6 Å². The van der Waals surface area contributed by atoms with Crippen LogP contribution in [0.2, 0.25) is 5.02 Å². The summed E-state index contributed by atoms with van der Waals surface area (Å²) in [7, 11) is 0. The summed E-state index contributed by atoms with van der Waals surface area (Å²) < 4.78 is 13.0. The van der Waals surface area contributed by atoms with Gasteiger partial charge in [0.1, 0.15) is 5.82 Å². The first-order valence-electron chi connectivity index (χ1n) is 6.34. The quantitative estimate of drug-likeness (QED) is 0.791. The van der Waals surface area contributed by atoms with E-state index in [1.807, 2.05) is 0 Å². The van der Waals surface area contributed by atoms with Gasteiger partial charge in [0.2, 0.25) is 11.8 Å². The number of halogens is 2. The largest absolute Gasteiger partial charge is 0.376 e. The monoisotopic (exact) mass is 321 g/mol. The minimum Gasteiger partial charge on any atom is -0.376 e. The lowest BCUT2D eigenvalue weighted by Gasteiger charge is -2.08. The van der Waals surface area contributed by atoms with Crippen LogP contribution in [0.3, 0.4) is 0 Å². The molecule has 0 saturated heterocycles. The maximum Gasteiger partial charge on any atom is 0.248 e. The highest BCUT2D eigenvalue weighted by Gasteiger charge is 2.05. The summed E-state index contributed by atoms with van der Waals surface area (Å²) in [6.07, 6.45) is 0. The molecule has 0 aromatic heterocycles. The lowest BCUT2D eigenvalue weighted by Crippen LogP contribution is -2.21. The molecule has 0 unspecified atom stereocenters. The van der Waals surface area contributed by atoms with E-state index in [0.29, 0.717) is 16.9 Å². The van der Waals surface area contributed by atoms with E-state index in [9.17, 15) is 14.0 Å². The highest BCUT2D eigenvalue weighted by atomic mass is 35.5. The number of rotatable bonds is 5. The molecule has 2 aromatic rings. The minimum atomic E-state index is -0.535. The number of primary amides is 1. The van der Waals surface area contributed by atoms with Crippen molar-refractivity contribution in [3.8, 4) is 0 Å². The number of nitrogens with one attached hydrogen (secondary N) is 2. The van der Waals surface area contributed by atoms with Crippen LogP contribution in [0.4, 0.5) is 15.8 Å². The third-order valence-electron chi connectivity index (χ3n) is 2.83. The molecule has 2 aromatic carbocycles. The Bertz CT molecular complexity index is 704. The topological polar surface area (TPSA) is 84.2 Å². The Morgan fingerprint density at radius 3 is 2.32 bits per heavy atom. The summed E-state index contributed by atoms with van der Waals surface area (Å²) >= 11 is 5.65. The molecule has 0 saturated carbocycles. The van der Waals surface area contributed by atoms with Crippen LogP contribution < -0.4 is 16.4 Å². The van der Waals surface area contributed by atoms with Crippen LogP contribution in [0.15, 0.2) is 42.5 Å². The van der Waals surface area contributed by atoms with Crippen molar-refractivity contribution in [2.45, 2.75) is 0 Å². The zero-order chi connectivity index (χ0) is 16.1. The van der Waals surface area contributed by atoms with Crippen molar-refractivity contribution < 1.29 is 14.0 Å². The van der Waals surface area contributed by atoms with Crippen molar-refractivity contribution >= 4 is 34.8 Å². The second-order valence-electron chi connectivity index (χ2n) is 4.47. The molecule has 4 N–H and O–H groups in total. The number of nitrogens with two attached hydrogens (primary N) is 1. The number of anilines is 2. The van der Waals surface area contributed by atoms with Crippen molar-refractivity contribution in [3.05, 3.63) is 58.9 Å². The summed E-state index contributed by atoms with van der Waals surface area (Å²) in [5.41, 5.74) is 6.55. The van der Waals surface area contributed by atoms with Gasteiger partial charge in [-0.3, -0.25) is 9.59 Å². The number of hydrogen-bond acceptors (Lipinski definition) is 3. The van der Waals surface area contributed by atoms with E-state index in [4.69, 9.17) is 17.3 Å². The maximum atomic E-state index is 13.0. The van der Waals surface area contributed by atoms with Crippen LogP contribution in [0.1, 0.15) is 10.4 Å². The minimum absolute atomic E-state index is 0.0144. The van der Waals surface area contributed by atoms with Gasteiger partial charge in [0.25, 0.3) is 0 Å². The van der Waals surface area contributed by atoms with Crippen molar-refractivity contribution in [2.24, 2.45) is 5.73 Å². The maximum absolute atomic E-state index is 13.0. The van der Waals surface area contributed by atoms with Gasteiger partial charge < -0.3 is 16.4 Å². The molecule has 2 rings (SSSR count). The molecule has 5 nitrogen and oxygen atoms in total. The van der Waals surface area contributed by atoms with Gasteiger partial charge in [0, 0.05) is 16.9 Å². The Labute approximate surface area is 131 Å². The average Bonchev–Trinajstić information content (AvgIpc) is 2.49. The first-order chi connectivity index (χ1) is 10.5. The van der Waals surface area contributed by atoms with Crippen LogP contribution in [-0.2, 0) is 4.79 Å². The Hall–Kier alpha value is -2.60. The normalized spacial score (nSPS) is 10.1. The molecule has 2 amide bonds. The molecule has 0 aliphatic heterocycles.